The molecule has 0 unspecified atom stereocenters. The number of halogens is 3. The van der Waals surface area contributed by atoms with E-state index in [1.807, 2.05) is 18.2 Å². The number of urea groups is 1. The van der Waals surface area contributed by atoms with Crippen LogP contribution in [0.25, 0.3) is 0 Å². The van der Waals surface area contributed by atoms with Crippen LogP contribution < -0.4 is 20.1 Å². The number of rotatable bonds is 8. The van der Waals surface area contributed by atoms with Gasteiger partial charge in [0.2, 0.25) is 0 Å². The Morgan fingerprint density at radius 3 is 2.32 bits per heavy atom. The van der Waals surface area contributed by atoms with Crippen LogP contribution in [0.15, 0.2) is 73.1 Å². The van der Waals surface area contributed by atoms with E-state index < -0.39 is 12.1 Å². The van der Waals surface area contributed by atoms with Crippen LogP contribution in [0.2, 0.25) is 0 Å². The van der Waals surface area contributed by atoms with Gasteiger partial charge in [0.15, 0.2) is 11.5 Å². The Kier molecular flexibility index (Phi) is 10.7. The molecule has 236 valence electrons. The van der Waals surface area contributed by atoms with Gasteiger partial charge in [0.05, 0.1) is 14.2 Å². The topological polar surface area (TPSA) is 113 Å². The summed E-state index contributed by atoms with van der Waals surface area (Å²) in [5.74, 6) is -1.24. The van der Waals surface area contributed by atoms with E-state index in [4.69, 9.17) is 19.4 Å². The van der Waals surface area contributed by atoms with E-state index in [1.165, 1.54) is 11.1 Å². The number of carbonyl (C=O) groups excluding carboxylic acids is 1. The van der Waals surface area contributed by atoms with E-state index in [-0.39, 0.29) is 17.5 Å². The van der Waals surface area contributed by atoms with E-state index in [0.29, 0.717) is 12.6 Å². The summed E-state index contributed by atoms with van der Waals surface area (Å²) >= 11 is 0. The van der Waals surface area contributed by atoms with Crippen molar-refractivity contribution in [1.82, 2.24) is 20.5 Å². The first-order valence-electron chi connectivity index (χ1n) is 14.3. The highest BCUT2D eigenvalue weighted by Crippen LogP contribution is 2.50. The minimum Gasteiger partial charge on any atom is -0.493 e. The van der Waals surface area contributed by atoms with Gasteiger partial charge in [-0.3, -0.25) is 9.88 Å². The number of carbonyl (C=O) groups is 2. The van der Waals surface area contributed by atoms with Gasteiger partial charge in [-0.1, -0.05) is 36.4 Å². The van der Waals surface area contributed by atoms with Crippen molar-refractivity contribution >= 4 is 12.0 Å². The smallest absolute Gasteiger partial charge is 0.490 e. The predicted molar refractivity (Wildman–Crippen MR) is 157 cm³/mol. The van der Waals surface area contributed by atoms with E-state index in [0.717, 1.165) is 55.8 Å². The second-order valence-corrected chi connectivity index (χ2v) is 10.9. The third-order valence-electron chi connectivity index (χ3n) is 8.34. The molecule has 2 aromatic carbocycles. The zero-order chi connectivity index (χ0) is 31.7. The third kappa shape index (κ3) is 7.98. The maximum Gasteiger partial charge on any atom is 0.490 e. The molecule has 0 bridgehead atoms. The lowest BCUT2D eigenvalue weighted by Crippen LogP contribution is -2.53. The lowest BCUT2D eigenvalue weighted by Gasteiger charge is -2.45. The van der Waals surface area contributed by atoms with Crippen molar-refractivity contribution in [2.45, 2.75) is 62.4 Å². The van der Waals surface area contributed by atoms with Crippen LogP contribution in [0.1, 0.15) is 42.4 Å². The minimum absolute atomic E-state index is 0.0139. The molecule has 3 N–H and O–H groups in total. The first-order chi connectivity index (χ1) is 21.1. The number of fused-ring (bicyclic) bond motifs is 1. The molecule has 0 radical (unpaired) electrons. The number of carboxylic acid groups (broad SMARTS) is 1. The van der Waals surface area contributed by atoms with E-state index in [2.05, 4.69) is 63.0 Å². The van der Waals surface area contributed by atoms with Crippen molar-refractivity contribution in [2.24, 2.45) is 0 Å². The summed E-state index contributed by atoms with van der Waals surface area (Å²) < 4.78 is 42.9. The van der Waals surface area contributed by atoms with Crippen LogP contribution in [0.4, 0.5) is 18.0 Å². The zero-order valence-electron chi connectivity index (χ0n) is 24.6. The molecule has 1 aliphatic carbocycles. The van der Waals surface area contributed by atoms with Crippen molar-refractivity contribution < 1.29 is 37.3 Å². The summed E-state index contributed by atoms with van der Waals surface area (Å²) in [5, 5.41) is 13.4. The summed E-state index contributed by atoms with van der Waals surface area (Å²) in [5.41, 5.74) is 3.66. The van der Waals surface area contributed by atoms with Crippen LogP contribution in [0.3, 0.4) is 0 Å². The van der Waals surface area contributed by atoms with E-state index in [1.54, 1.807) is 26.6 Å². The fourth-order valence-electron chi connectivity index (χ4n) is 6.19. The van der Waals surface area contributed by atoms with Crippen LogP contribution in [0.5, 0.6) is 11.5 Å². The number of likely N-dealkylation sites (tertiary alicyclic amines) is 1. The van der Waals surface area contributed by atoms with Crippen LogP contribution in [-0.4, -0.2) is 66.0 Å². The highest BCUT2D eigenvalue weighted by Gasteiger charge is 2.51. The van der Waals surface area contributed by atoms with Crippen molar-refractivity contribution in [1.29, 1.82) is 0 Å². The second-order valence-electron chi connectivity index (χ2n) is 10.9. The molecule has 2 aliphatic rings. The zero-order valence-corrected chi connectivity index (χ0v) is 24.6. The number of amides is 2. The molecule has 1 saturated carbocycles. The summed E-state index contributed by atoms with van der Waals surface area (Å²) in [4.78, 5) is 28.3. The van der Waals surface area contributed by atoms with Crippen LogP contribution in [0, 0.1) is 0 Å². The molecular formula is C32H37F3N4O5. The fraction of sp³-hybridized carbons (Fsp3) is 0.406. The fourth-order valence-corrected chi connectivity index (χ4v) is 6.19. The molecule has 1 aliphatic heterocycles. The maximum atomic E-state index is 12.8. The molecule has 3 atom stereocenters. The number of pyridine rings is 1. The Morgan fingerprint density at radius 2 is 1.68 bits per heavy atom. The number of hydrogen-bond acceptors (Lipinski definition) is 6. The Labute approximate surface area is 254 Å². The average molecular weight is 615 g/mol. The van der Waals surface area contributed by atoms with Crippen LogP contribution >= 0.6 is 0 Å². The third-order valence-corrected chi connectivity index (χ3v) is 8.34. The highest BCUT2D eigenvalue weighted by atomic mass is 19.4. The molecule has 2 heterocycles. The Hall–Kier alpha value is -4.32. The predicted octanol–water partition coefficient (Wildman–Crippen LogP) is 5.30. The Balaban J connectivity index is 0.000000566. The number of alkyl halides is 3. The summed E-state index contributed by atoms with van der Waals surface area (Å²) in [6, 6.07) is 21.2. The first-order valence-corrected chi connectivity index (χ1v) is 14.3. The van der Waals surface area contributed by atoms with Gasteiger partial charge in [-0.15, -0.1) is 0 Å². The number of nitrogens with zero attached hydrogens (tertiary/aromatic N) is 2. The van der Waals surface area contributed by atoms with Crippen molar-refractivity contribution in [2.75, 3.05) is 20.8 Å². The quantitative estimate of drug-likeness (QED) is 0.316. The number of hydrogen-bond donors (Lipinski definition) is 3. The molecule has 2 fully saturated rings. The molecule has 3 aromatic rings. The summed E-state index contributed by atoms with van der Waals surface area (Å²) in [7, 11) is 3.37. The molecule has 1 saturated heterocycles. The molecule has 9 nitrogen and oxygen atoms in total. The van der Waals surface area contributed by atoms with Crippen molar-refractivity contribution in [3.05, 3.63) is 89.7 Å². The lowest BCUT2D eigenvalue weighted by atomic mass is 9.65. The summed E-state index contributed by atoms with van der Waals surface area (Å²) in [6.45, 7) is 2.41. The minimum atomic E-state index is -5.08. The van der Waals surface area contributed by atoms with Gasteiger partial charge in [-0.25, -0.2) is 9.59 Å². The second kappa shape index (κ2) is 14.4. The number of aromatic nitrogens is 1. The van der Waals surface area contributed by atoms with Crippen molar-refractivity contribution in [3.8, 4) is 11.5 Å². The molecule has 44 heavy (non-hydrogen) atoms. The molecule has 5 rings (SSSR count). The average Bonchev–Trinajstić information content (AvgIpc) is 3.39. The van der Waals surface area contributed by atoms with Crippen molar-refractivity contribution in [3.63, 3.8) is 0 Å². The van der Waals surface area contributed by atoms with Gasteiger partial charge < -0.3 is 25.2 Å². The first kappa shape index (κ1) is 32.6. The molecule has 12 heteroatoms. The summed E-state index contributed by atoms with van der Waals surface area (Å²) in [6.07, 6.45) is 2.33. The maximum absolute atomic E-state index is 12.8. The largest absolute Gasteiger partial charge is 0.493 e. The number of nitrogens with one attached hydrogen (secondary N) is 2. The monoisotopic (exact) mass is 614 g/mol. The van der Waals surface area contributed by atoms with Gasteiger partial charge in [0.1, 0.15) is 0 Å². The van der Waals surface area contributed by atoms with Gasteiger partial charge in [0, 0.05) is 43.0 Å². The standard InChI is InChI=1S/C30H36N4O3.C2HF3O2/c1-36-26-9-8-24(18-27(26)37-2)30-13-10-25(33-29(35)32-20-22-11-15-31-16-12-22)19-28(30)34(17-14-30)21-23-6-4-3-5-7-23;3-2(4,5)1(6)7/h3-9,11-12,15-16,18,25,28H,10,13-14,17,19-21H2,1-2H3,(H2,32,33,35);(H,6,7)/t25-,28+,30+;/m1./s1. The van der Waals surface area contributed by atoms with E-state index in [9.17, 15) is 18.0 Å². The van der Waals surface area contributed by atoms with Crippen LogP contribution in [-0.2, 0) is 23.3 Å². The van der Waals surface area contributed by atoms with E-state index >= 15 is 0 Å². The molecular weight excluding hydrogens is 577 g/mol. The van der Waals surface area contributed by atoms with Gasteiger partial charge in [-0.2, -0.15) is 13.2 Å². The molecule has 0 spiro atoms. The van der Waals surface area contributed by atoms with Gasteiger partial charge in [-0.05, 0) is 73.2 Å². The SMILES string of the molecule is COc1ccc([C@@]23CC[C@@H](NC(=O)NCc4ccncc4)C[C@@H]2N(Cc2ccccc2)CC3)cc1OC.O=C(O)C(F)(F)F. The number of carboxylic acids is 1. The Morgan fingerprint density at radius 1 is 1.00 bits per heavy atom. The Bertz CT molecular complexity index is 1390. The number of benzene rings is 2. The molecule has 2 amide bonds. The number of methoxy groups -OCH3 is 2. The highest BCUT2D eigenvalue weighted by molar-refractivity contribution is 5.74. The van der Waals surface area contributed by atoms with Gasteiger partial charge in [0.25, 0.3) is 0 Å². The number of aliphatic carboxylic acids is 1. The van der Waals surface area contributed by atoms with Gasteiger partial charge >= 0.3 is 18.2 Å². The lowest BCUT2D eigenvalue weighted by molar-refractivity contribution is -0.192. The number of ether oxygens (including phenoxy) is 2. The normalized spacial score (nSPS) is 21.3. The molecule has 1 aromatic heterocycles.